The Morgan fingerprint density at radius 2 is 2.21 bits per heavy atom. The monoisotopic (exact) mass is 265 g/mol. The third-order valence-corrected chi connectivity index (χ3v) is 2.69. The summed E-state index contributed by atoms with van der Waals surface area (Å²) in [5, 5.41) is 2.76. The maximum absolute atomic E-state index is 11.8. The van der Waals surface area contributed by atoms with Crippen molar-refractivity contribution in [3.63, 3.8) is 0 Å². The summed E-state index contributed by atoms with van der Waals surface area (Å²) in [6, 6.07) is 1.69. The lowest BCUT2D eigenvalue weighted by Gasteiger charge is -2.09. The molecule has 5 heteroatoms. The molecule has 0 bridgehead atoms. The number of nitrogens with one attached hydrogen (secondary N) is 1. The van der Waals surface area contributed by atoms with Gasteiger partial charge in [-0.3, -0.25) is 9.78 Å². The Kier molecular flexibility index (Phi) is 6.29. The van der Waals surface area contributed by atoms with Gasteiger partial charge in [0, 0.05) is 30.7 Å². The molecule has 5 nitrogen and oxygen atoms in total. The zero-order valence-electron chi connectivity index (χ0n) is 11.9. The van der Waals surface area contributed by atoms with Gasteiger partial charge < -0.3 is 15.8 Å². The molecular weight excluding hydrogens is 242 g/mol. The lowest BCUT2D eigenvalue weighted by molar-refractivity contribution is 0.0906. The minimum atomic E-state index is -0.211. The van der Waals surface area contributed by atoms with E-state index in [0.717, 1.165) is 18.7 Å². The van der Waals surface area contributed by atoms with Crippen LogP contribution in [0.15, 0.2) is 12.3 Å². The van der Waals surface area contributed by atoms with Crippen molar-refractivity contribution in [2.75, 3.05) is 25.5 Å². The van der Waals surface area contributed by atoms with Gasteiger partial charge in [0.15, 0.2) is 0 Å². The molecule has 1 aromatic rings. The SMILES string of the molecule is Cc1cc(N)c(C(=O)NCCOCCC(C)C)cn1. The predicted octanol–water partition coefficient (Wildman–Crippen LogP) is 1.76. The molecule has 1 rings (SSSR count). The second-order valence-electron chi connectivity index (χ2n) is 4.96. The van der Waals surface area contributed by atoms with Gasteiger partial charge in [0.1, 0.15) is 0 Å². The highest BCUT2D eigenvalue weighted by Gasteiger charge is 2.09. The molecule has 0 radical (unpaired) electrons. The summed E-state index contributed by atoms with van der Waals surface area (Å²) in [6.07, 6.45) is 2.53. The molecule has 3 N–H and O–H groups in total. The molecule has 0 aliphatic carbocycles. The van der Waals surface area contributed by atoms with Gasteiger partial charge in [0.25, 0.3) is 5.91 Å². The highest BCUT2D eigenvalue weighted by molar-refractivity contribution is 5.98. The zero-order chi connectivity index (χ0) is 14.3. The van der Waals surface area contributed by atoms with Crippen LogP contribution >= 0.6 is 0 Å². The van der Waals surface area contributed by atoms with E-state index >= 15 is 0 Å². The number of aryl methyl sites for hydroxylation is 1. The molecule has 0 atom stereocenters. The second kappa shape index (κ2) is 7.74. The van der Waals surface area contributed by atoms with E-state index in [-0.39, 0.29) is 5.91 Å². The number of hydrogen-bond acceptors (Lipinski definition) is 4. The summed E-state index contributed by atoms with van der Waals surface area (Å²) in [7, 11) is 0. The van der Waals surface area contributed by atoms with Crippen LogP contribution < -0.4 is 11.1 Å². The molecule has 0 aromatic carbocycles. The molecule has 0 saturated carbocycles. The Morgan fingerprint density at radius 1 is 1.47 bits per heavy atom. The van der Waals surface area contributed by atoms with Gasteiger partial charge in [-0.05, 0) is 25.3 Å². The van der Waals surface area contributed by atoms with Crippen LogP contribution in [0.3, 0.4) is 0 Å². The van der Waals surface area contributed by atoms with Gasteiger partial charge in [-0.25, -0.2) is 0 Å². The number of amides is 1. The Hall–Kier alpha value is -1.62. The summed E-state index contributed by atoms with van der Waals surface area (Å²) in [5.74, 6) is 0.422. The summed E-state index contributed by atoms with van der Waals surface area (Å²) < 4.78 is 5.42. The number of nitrogens with two attached hydrogens (primary N) is 1. The number of carbonyl (C=O) groups excluding carboxylic acids is 1. The van der Waals surface area contributed by atoms with Crippen LogP contribution in [0.1, 0.15) is 36.3 Å². The summed E-state index contributed by atoms with van der Waals surface area (Å²) in [4.78, 5) is 15.9. The van der Waals surface area contributed by atoms with E-state index in [1.165, 1.54) is 6.20 Å². The topological polar surface area (TPSA) is 77.2 Å². The molecular formula is C14H23N3O2. The van der Waals surface area contributed by atoms with E-state index in [0.29, 0.717) is 30.3 Å². The number of rotatable bonds is 7. The van der Waals surface area contributed by atoms with Crippen molar-refractivity contribution in [1.29, 1.82) is 0 Å². The van der Waals surface area contributed by atoms with Crippen LogP contribution in [0.2, 0.25) is 0 Å². The average Bonchev–Trinajstić information content (AvgIpc) is 2.32. The van der Waals surface area contributed by atoms with E-state index in [2.05, 4.69) is 24.1 Å². The van der Waals surface area contributed by atoms with E-state index in [1.807, 2.05) is 6.92 Å². The van der Waals surface area contributed by atoms with Gasteiger partial charge in [0.2, 0.25) is 0 Å². The van der Waals surface area contributed by atoms with Gasteiger partial charge in [-0.1, -0.05) is 13.8 Å². The first-order valence-electron chi connectivity index (χ1n) is 6.58. The Bertz CT molecular complexity index is 419. The minimum absolute atomic E-state index is 0.211. The number of pyridine rings is 1. The quantitative estimate of drug-likeness (QED) is 0.736. The molecule has 1 heterocycles. The fourth-order valence-electron chi connectivity index (χ4n) is 1.52. The largest absolute Gasteiger partial charge is 0.398 e. The second-order valence-corrected chi connectivity index (χ2v) is 4.96. The summed E-state index contributed by atoms with van der Waals surface area (Å²) >= 11 is 0. The van der Waals surface area contributed by atoms with Crippen LogP contribution in [0.4, 0.5) is 5.69 Å². The first kappa shape index (κ1) is 15.4. The van der Waals surface area contributed by atoms with Gasteiger partial charge in [-0.2, -0.15) is 0 Å². The molecule has 0 unspecified atom stereocenters. The summed E-state index contributed by atoms with van der Waals surface area (Å²) in [5.41, 5.74) is 7.43. The number of hydrogen-bond donors (Lipinski definition) is 2. The van der Waals surface area contributed by atoms with Crippen LogP contribution in [-0.4, -0.2) is 30.6 Å². The highest BCUT2D eigenvalue weighted by Crippen LogP contribution is 2.10. The lowest BCUT2D eigenvalue weighted by Crippen LogP contribution is -2.28. The van der Waals surface area contributed by atoms with E-state index in [4.69, 9.17) is 10.5 Å². The molecule has 1 aromatic heterocycles. The van der Waals surface area contributed by atoms with Crippen molar-refractivity contribution in [3.05, 3.63) is 23.5 Å². The number of nitrogen functional groups attached to an aromatic ring is 1. The smallest absolute Gasteiger partial charge is 0.255 e. The number of aromatic nitrogens is 1. The summed E-state index contributed by atoms with van der Waals surface area (Å²) in [6.45, 7) is 7.85. The van der Waals surface area contributed by atoms with Crippen molar-refractivity contribution in [1.82, 2.24) is 10.3 Å². The normalized spacial score (nSPS) is 10.7. The van der Waals surface area contributed by atoms with E-state index in [9.17, 15) is 4.79 Å². The van der Waals surface area contributed by atoms with Crippen molar-refractivity contribution in [2.24, 2.45) is 5.92 Å². The molecule has 0 aliphatic rings. The number of carbonyl (C=O) groups is 1. The van der Waals surface area contributed by atoms with Crippen LogP contribution in [-0.2, 0) is 4.74 Å². The number of ether oxygens (including phenoxy) is 1. The maximum Gasteiger partial charge on any atom is 0.255 e. The fraction of sp³-hybridized carbons (Fsp3) is 0.571. The molecule has 106 valence electrons. The highest BCUT2D eigenvalue weighted by atomic mass is 16.5. The van der Waals surface area contributed by atoms with Crippen molar-refractivity contribution in [3.8, 4) is 0 Å². The Balaban J connectivity index is 2.28. The maximum atomic E-state index is 11.8. The molecule has 0 saturated heterocycles. The molecule has 1 amide bonds. The first-order valence-corrected chi connectivity index (χ1v) is 6.58. The fourth-order valence-corrected chi connectivity index (χ4v) is 1.52. The molecule has 0 spiro atoms. The van der Waals surface area contributed by atoms with Crippen LogP contribution in [0.5, 0.6) is 0 Å². The minimum Gasteiger partial charge on any atom is -0.398 e. The molecule has 0 aliphatic heterocycles. The van der Waals surface area contributed by atoms with Crippen LogP contribution in [0, 0.1) is 12.8 Å². The number of anilines is 1. The Morgan fingerprint density at radius 3 is 2.84 bits per heavy atom. The van der Waals surface area contributed by atoms with E-state index < -0.39 is 0 Å². The molecule has 0 fully saturated rings. The van der Waals surface area contributed by atoms with Crippen molar-refractivity contribution < 1.29 is 9.53 Å². The lowest BCUT2D eigenvalue weighted by atomic mass is 10.1. The standard InChI is InChI=1S/C14H23N3O2/c1-10(2)4-6-19-7-5-16-14(18)12-9-17-11(3)8-13(12)15/h8-10H,4-7H2,1-3H3,(H2,15,17)(H,16,18). The number of nitrogens with zero attached hydrogens (tertiary/aromatic N) is 1. The average molecular weight is 265 g/mol. The first-order chi connectivity index (χ1) is 9.00. The van der Waals surface area contributed by atoms with E-state index in [1.54, 1.807) is 6.07 Å². The van der Waals surface area contributed by atoms with Crippen molar-refractivity contribution in [2.45, 2.75) is 27.2 Å². The predicted molar refractivity (Wildman–Crippen MR) is 76.0 cm³/mol. The van der Waals surface area contributed by atoms with Gasteiger partial charge in [-0.15, -0.1) is 0 Å². The van der Waals surface area contributed by atoms with Crippen LogP contribution in [0.25, 0.3) is 0 Å². The third-order valence-electron chi connectivity index (χ3n) is 2.69. The molecule has 19 heavy (non-hydrogen) atoms. The third kappa shape index (κ3) is 5.70. The zero-order valence-corrected chi connectivity index (χ0v) is 11.9. The van der Waals surface area contributed by atoms with Gasteiger partial charge in [0.05, 0.1) is 12.2 Å². The van der Waals surface area contributed by atoms with Gasteiger partial charge >= 0.3 is 0 Å². The Labute approximate surface area is 114 Å². The van der Waals surface area contributed by atoms with Crippen molar-refractivity contribution >= 4 is 11.6 Å².